The number of nitrogens with one attached hydrogen (secondary N) is 2. The fourth-order valence-corrected chi connectivity index (χ4v) is 3.64. The van der Waals surface area contributed by atoms with Crippen molar-refractivity contribution in [3.8, 4) is 11.1 Å². The molecule has 2 N–H and O–H groups in total. The molecule has 7 nitrogen and oxygen atoms in total. The number of rotatable bonds is 4. The Morgan fingerprint density at radius 1 is 1.40 bits per heavy atom. The van der Waals surface area contributed by atoms with Crippen LogP contribution in [0.1, 0.15) is 26.8 Å². The number of thiazole rings is 1. The molecule has 0 saturated carbocycles. The SMILES string of the molecule is CCNC(=O)Nc1nc2cc(-c3cccnc3)c(=O)n(C(C)C)c2s1. The normalized spacial score (nSPS) is 11.0. The molecule has 0 aliphatic heterocycles. The molecule has 2 amide bonds. The number of carbonyl (C=O) groups excluding carboxylic acids is 1. The van der Waals surface area contributed by atoms with E-state index >= 15 is 0 Å². The van der Waals surface area contributed by atoms with Crippen molar-refractivity contribution in [3.63, 3.8) is 0 Å². The number of carbonyl (C=O) groups is 1. The molecule has 3 heterocycles. The van der Waals surface area contributed by atoms with Crippen LogP contribution in [0.15, 0.2) is 35.4 Å². The summed E-state index contributed by atoms with van der Waals surface area (Å²) in [6.07, 6.45) is 3.33. The number of urea groups is 1. The van der Waals surface area contributed by atoms with Gasteiger partial charge in [0.15, 0.2) is 5.13 Å². The van der Waals surface area contributed by atoms with Gasteiger partial charge < -0.3 is 5.32 Å². The van der Waals surface area contributed by atoms with Crippen LogP contribution in [0.25, 0.3) is 21.5 Å². The highest BCUT2D eigenvalue weighted by molar-refractivity contribution is 7.22. The number of hydrogen-bond donors (Lipinski definition) is 2. The average molecular weight is 357 g/mol. The topological polar surface area (TPSA) is 88.9 Å². The zero-order valence-electron chi connectivity index (χ0n) is 14.2. The van der Waals surface area contributed by atoms with Crippen LogP contribution < -0.4 is 16.2 Å². The Kier molecular flexibility index (Phi) is 4.80. The molecule has 3 aromatic heterocycles. The summed E-state index contributed by atoms with van der Waals surface area (Å²) in [5.41, 5.74) is 1.87. The first-order chi connectivity index (χ1) is 12.0. The van der Waals surface area contributed by atoms with E-state index in [2.05, 4.69) is 20.6 Å². The highest BCUT2D eigenvalue weighted by atomic mass is 32.1. The number of pyridine rings is 2. The number of hydrogen-bond acceptors (Lipinski definition) is 5. The number of nitrogens with zero attached hydrogens (tertiary/aromatic N) is 3. The summed E-state index contributed by atoms with van der Waals surface area (Å²) < 4.78 is 1.71. The predicted molar refractivity (Wildman–Crippen MR) is 100 cm³/mol. The van der Waals surface area contributed by atoms with Gasteiger partial charge in [-0.1, -0.05) is 17.4 Å². The van der Waals surface area contributed by atoms with Crippen LogP contribution in [0.5, 0.6) is 0 Å². The van der Waals surface area contributed by atoms with E-state index in [0.29, 0.717) is 22.8 Å². The minimum absolute atomic E-state index is 0.0376. The zero-order valence-corrected chi connectivity index (χ0v) is 15.1. The second-order valence-corrected chi connectivity index (χ2v) is 6.74. The molecule has 0 aliphatic carbocycles. The molecule has 0 saturated heterocycles. The number of aromatic nitrogens is 3. The lowest BCUT2D eigenvalue weighted by Crippen LogP contribution is -2.28. The molecule has 0 aromatic carbocycles. The summed E-state index contributed by atoms with van der Waals surface area (Å²) in [4.78, 5) is 34.0. The highest BCUT2D eigenvalue weighted by Gasteiger charge is 2.17. The molecule has 0 atom stereocenters. The van der Waals surface area contributed by atoms with Crippen LogP contribution in [0, 0.1) is 0 Å². The standard InChI is InChI=1S/C17H19N5O2S/c1-4-19-16(24)21-17-20-13-8-12(11-6-5-7-18-9-11)14(23)22(10(2)3)15(13)25-17/h5-10H,4H2,1-3H3,(H2,19,20,21,24). The maximum Gasteiger partial charge on any atom is 0.321 e. The summed E-state index contributed by atoms with van der Waals surface area (Å²) in [7, 11) is 0. The van der Waals surface area contributed by atoms with Gasteiger partial charge in [-0.2, -0.15) is 0 Å². The third kappa shape index (κ3) is 3.39. The van der Waals surface area contributed by atoms with E-state index in [9.17, 15) is 9.59 Å². The fraction of sp³-hybridized carbons (Fsp3) is 0.294. The zero-order chi connectivity index (χ0) is 18.0. The molecule has 25 heavy (non-hydrogen) atoms. The van der Waals surface area contributed by atoms with Crippen LogP contribution in [0.2, 0.25) is 0 Å². The first-order valence-electron chi connectivity index (χ1n) is 8.02. The Morgan fingerprint density at radius 2 is 2.20 bits per heavy atom. The van der Waals surface area contributed by atoms with Crippen LogP contribution >= 0.6 is 11.3 Å². The van der Waals surface area contributed by atoms with Crippen LogP contribution in [-0.2, 0) is 0 Å². The van der Waals surface area contributed by atoms with Crippen molar-refractivity contribution in [3.05, 3.63) is 40.9 Å². The summed E-state index contributed by atoms with van der Waals surface area (Å²) >= 11 is 1.29. The second-order valence-electron chi connectivity index (χ2n) is 5.76. The lowest BCUT2D eigenvalue weighted by Gasteiger charge is -2.12. The van der Waals surface area contributed by atoms with E-state index in [1.807, 2.05) is 26.8 Å². The molecule has 130 valence electrons. The average Bonchev–Trinajstić information content (AvgIpc) is 2.96. The summed E-state index contributed by atoms with van der Waals surface area (Å²) in [5.74, 6) is 0. The Bertz CT molecular complexity index is 962. The lowest BCUT2D eigenvalue weighted by molar-refractivity contribution is 0.252. The molecule has 0 unspecified atom stereocenters. The highest BCUT2D eigenvalue weighted by Crippen LogP contribution is 2.29. The predicted octanol–water partition coefficient (Wildman–Crippen LogP) is 3.24. The van der Waals surface area contributed by atoms with Gasteiger partial charge in [-0.25, -0.2) is 9.78 Å². The van der Waals surface area contributed by atoms with Crippen LogP contribution in [-0.4, -0.2) is 27.1 Å². The summed E-state index contributed by atoms with van der Waals surface area (Å²) in [5, 5.41) is 5.83. The van der Waals surface area contributed by atoms with E-state index in [-0.39, 0.29) is 17.6 Å². The Hall–Kier alpha value is -2.74. The van der Waals surface area contributed by atoms with Crippen LogP contribution in [0.4, 0.5) is 9.93 Å². The maximum atomic E-state index is 13.0. The lowest BCUT2D eigenvalue weighted by atomic mass is 10.1. The molecule has 0 spiro atoms. The maximum absolute atomic E-state index is 13.0. The van der Waals surface area contributed by atoms with Gasteiger partial charge in [-0.3, -0.25) is 19.7 Å². The Morgan fingerprint density at radius 3 is 2.84 bits per heavy atom. The third-order valence-corrected chi connectivity index (χ3v) is 4.62. The van der Waals surface area contributed by atoms with Gasteiger partial charge in [0.25, 0.3) is 5.56 Å². The molecule has 3 rings (SSSR count). The van der Waals surface area contributed by atoms with Crippen LogP contribution in [0.3, 0.4) is 0 Å². The quantitative estimate of drug-likeness (QED) is 0.750. The summed E-state index contributed by atoms with van der Waals surface area (Å²) in [6.45, 7) is 6.27. The molecule has 0 aliphatic rings. The van der Waals surface area contributed by atoms with E-state index in [1.165, 1.54) is 11.3 Å². The van der Waals surface area contributed by atoms with E-state index in [1.54, 1.807) is 29.1 Å². The van der Waals surface area contributed by atoms with E-state index in [0.717, 1.165) is 10.4 Å². The van der Waals surface area contributed by atoms with Crippen molar-refractivity contribution >= 4 is 32.8 Å². The third-order valence-electron chi connectivity index (χ3n) is 3.63. The van der Waals surface area contributed by atoms with Crippen molar-refractivity contribution < 1.29 is 4.79 Å². The van der Waals surface area contributed by atoms with Crippen molar-refractivity contribution in [1.29, 1.82) is 0 Å². The molecule has 0 fully saturated rings. The molecule has 0 radical (unpaired) electrons. The second kappa shape index (κ2) is 7.02. The van der Waals surface area contributed by atoms with Gasteiger partial charge in [0.1, 0.15) is 10.3 Å². The first-order valence-corrected chi connectivity index (χ1v) is 8.84. The largest absolute Gasteiger partial charge is 0.338 e. The monoisotopic (exact) mass is 357 g/mol. The number of amides is 2. The minimum Gasteiger partial charge on any atom is -0.338 e. The first kappa shape index (κ1) is 17.1. The smallest absolute Gasteiger partial charge is 0.321 e. The van der Waals surface area contributed by atoms with Gasteiger partial charge >= 0.3 is 6.03 Å². The van der Waals surface area contributed by atoms with Crippen molar-refractivity contribution in [1.82, 2.24) is 19.9 Å². The number of fused-ring (bicyclic) bond motifs is 1. The Labute approximate surface area is 148 Å². The van der Waals surface area contributed by atoms with Gasteiger partial charge in [-0.05, 0) is 32.9 Å². The van der Waals surface area contributed by atoms with Gasteiger partial charge in [0.2, 0.25) is 0 Å². The fourth-order valence-electron chi connectivity index (χ4n) is 2.56. The molecule has 3 aromatic rings. The van der Waals surface area contributed by atoms with Crippen molar-refractivity contribution in [2.24, 2.45) is 0 Å². The molecule has 8 heteroatoms. The van der Waals surface area contributed by atoms with E-state index in [4.69, 9.17) is 0 Å². The van der Waals surface area contributed by atoms with Crippen molar-refractivity contribution in [2.45, 2.75) is 26.8 Å². The molecular formula is C17H19N5O2S. The molecular weight excluding hydrogens is 338 g/mol. The number of anilines is 1. The van der Waals surface area contributed by atoms with E-state index < -0.39 is 0 Å². The van der Waals surface area contributed by atoms with Gasteiger partial charge in [0.05, 0.1) is 5.56 Å². The minimum atomic E-state index is -0.313. The summed E-state index contributed by atoms with van der Waals surface area (Å²) in [6, 6.07) is 5.05. The molecule has 0 bridgehead atoms. The van der Waals surface area contributed by atoms with Gasteiger partial charge in [-0.15, -0.1) is 0 Å². The Balaban J connectivity index is 2.16. The van der Waals surface area contributed by atoms with Crippen molar-refractivity contribution in [2.75, 3.05) is 11.9 Å². The van der Waals surface area contributed by atoms with Gasteiger partial charge in [0, 0.05) is 30.5 Å².